The fraction of sp³-hybridized carbons (Fsp3) is 0.143. The molecule has 1 aliphatic rings. The second-order valence-corrected chi connectivity index (χ2v) is 13.1. The van der Waals surface area contributed by atoms with Crippen LogP contribution in [0.15, 0.2) is 108 Å². The number of carbonyl (C=O) groups is 2. The quantitative estimate of drug-likeness (QED) is 0.201. The van der Waals surface area contributed by atoms with E-state index >= 15 is 0 Å². The maximum Gasteiger partial charge on any atom is 0.253 e. The predicted octanol–water partition coefficient (Wildman–Crippen LogP) is 6.25. The zero-order valence-corrected chi connectivity index (χ0v) is 26.7. The van der Waals surface area contributed by atoms with Crippen LogP contribution in [-0.4, -0.2) is 73.2 Å². The molecule has 0 spiro atoms. The SMILES string of the molecule is O=C(CSc1nnc2sc3ccccc3n12)Nc1ccc(C(=O)N2CCN(c3nc(-c4ccccc4)c4ccccc4n3)CC2)cc1. The van der Waals surface area contributed by atoms with Crippen LogP contribution in [0.5, 0.6) is 0 Å². The van der Waals surface area contributed by atoms with E-state index in [1.165, 1.54) is 11.8 Å². The number of fused-ring (bicyclic) bond motifs is 4. The summed E-state index contributed by atoms with van der Waals surface area (Å²) in [4.78, 5) is 40.8. The summed E-state index contributed by atoms with van der Waals surface area (Å²) < 4.78 is 3.10. The van der Waals surface area contributed by atoms with E-state index in [1.54, 1.807) is 35.6 Å². The third-order valence-corrected chi connectivity index (χ3v) is 10.1. The highest BCUT2D eigenvalue weighted by atomic mass is 32.2. The van der Waals surface area contributed by atoms with Gasteiger partial charge in [-0.25, -0.2) is 9.97 Å². The van der Waals surface area contributed by atoms with Crippen LogP contribution in [0.2, 0.25) is 0 Å². The molecule has 8 rings (SSSR count). The van der Waals surface area contributed by atoms with Crippen LogP contribution in [0.4, 0.5) is 11.6 Å². The largest absolute Gasteiger partial charge is 0.337 e. The van der Waals surface area contributed by atoms with Crippen molar-refractivity contribution in [1.29, 1.82) is 0 Å². The summed E-state index contributed by atoms with van der Waals surface area (Å²) in [5.41, 5.74) is 5.08. The number of rotatable bonds is 7. The van der Waals surface area contributed by atoms with Gasteiger partial charge in [0.2, 0.25) is 16.8 Å². The molecule has 0 unspecified atom stereocenters. The molecule has 0 atom stereocenters. The van der Waals surface area contributed by atoms with Gasteiger partial charge in [0.05, 0.1) is 27.2 Å². The number of para-hydroxylation sites is 2. The molecular formula is C35H28N8O2S2. The highest BCUT2D eigenvalue weighted by molar-refractivity contribution is 7.99. The minimum absolute atomic E-state index is 0.0405. The van der Waals surface area contributed by atoms with Crippen molar-refractivity contribution in [2.45, 2.75) is 5.16 Å². The average Bonchev–Trinajstić information content (AvgIpc) is 3.70. The normalized spacial score (nSPS) is 13.4. The first-order valence-electron chi connectivity index (χ1n) is 15.2. The van der Waals surface area contributed by atoms with E-state index in [0.29, 0.717) is 48.5 Å². The molecule has 7 aromatic rings. The molecule has 2 amide bonds. The number of amides is 2. The fourth-order valence-electron chi connectivity index (χ4n) is 5.79. The van der Waals surface area contributed by atoms with E-state index in [4.69, 9.17) is 9.97 Å². The van der Waals surface area contributed by atoms with E-state index in [-0.39, 0.29) is 17.6 Å². The zero-order chi connectivity index (χ0) is 31.7. The molecule has 47 heavy (non-hydrogen) atoms. The van der Waals surface area contributed by atoms with Gasteiger partial charge in [-0.3, -0.25) is 14.0 Å². The molecule has 0 bridgehead atoms. The Balaban J connectivity index is 0.886. The Bertz CT molecular complexity index is 2240. The van der Waals surface area contributed by atoms with Gasteiger partial charge in [-0.2, -0.15) is 0 Å². The molecule has 1 N–H and O–H groups in total. The van der Waals surface area contributed by atoms with E-state index in [0.717, 1.165) is 37.3 Å². The lowest BCUT2D eigenvalue weighted by atomic mass is 10.1. The topological polar surface area (TPSA) is 109 Å². The zero-order valence-electron chi connectivity index (χ0n) is 25.1. The van der Waals surface area contributed by atoms with Gasteiger partial charge < -0.3 is 15.1 Å². The van der Waals surface area contributed by atoms with E-state index in [2.05, 4.69) is 38.6 Å². The Morgan fingerprint density at radius 3 is 2.36 bits per heavy atom. The molecule has 12 heteroatoms. The van der Waals surface area contributed by atoms with Crippen molar-refractivity contribution < 1.29 is 9.59 Å². The van der Waals surface area contributed by atoms with Gasteiger partial charge in [-0.15, -0.1) is 10.2 Å². The van der Waals surface area contributed by atoms with Crippen LogP contribution in [-0.2, 0) is 4.79 Å². The first-order valence-corrected chi connectivity index (χ1v) is 17.0. The number of piperazine rings is 1. The van der Waals surface area contributed by atoms with E-state index in [1.807, 2.05) is 70.0 Å². The fourth-order valence-corrected chi connectivity index (χ4v) is 7.55. The van der Waals surface area contributed by atoms with Gasteiger partial charge in [0.25, 0.3) is 5.91 Å². The van der Waals surface area contributed by atoms with Crippen molar-refractivity contribution in [3.8, 4) is 11.3 Å². The Kier molecular flexibility index (Phi) is 7.71. The molecule has 1 saturated heterocycles. The van der Waals surface area contributed by atoms with Crippen LogP contribution < -0.4 is 10.2 Å². The third kappa shape index (κ3) is 5.77. The highest BCUT2D eigenvalue weighted by Gasteiger charge is 2.25. The Morgan fingerprint density at radius 2 is 1.53 bits per heavy atom. The molecule has 4 heterocycles. The van der Waals surface area contributed by atoms with Crippen molar-refractivity contribution in [1.82, 2.24) is 29.5 Å². The Labute approximate surface area is 278 Å². The van der Waals surface area contributed by atoms with E-state index in [9.17, 15) is 9.59 Å². The minimum atomic E-state index is -0.159. The maximum atomic E-state index is 13.4. The van der Waals surface area contributed by atoms with Crippen LogP contribution in [0.25, 0.3) is 37.3 Å². The summed E-state index contributed by atoms with van der Waals surface area (Å²) >= 11 is 2.91. The maximum absolute atomic E-state index is 13.4. The van der Waals surface area contributed by atoms with E-state index < -0.39 is 0 Å². The summed E-state index contributed by atoms with van der Waals surface area (Å²) in [6.07, 6.45) is 0. The third-order valence-electron chi connectivity index (χ3n) is 8.15. The number of benzene rings is 4. The second-order valence-electron chi connectivity index (χ2n) is 11.1. The first-order chi connectivity index (χ1) is 23.1. The molecule has 1 fully saturated rings. The summed E-state index contributed by atoms with van der Waals surface area (Å²) in [6.45, 7) is 2.37. The number of anilines is 2. The number of thiazole rings is 1. The molecular weight excluding hydrogens is 629 g/mol. The van der Waals surface area contributed by atoms with Crippen molar-refractivity contribution in [3.63, 3.8) is 0 Å². The van der Waals surface area contributed by atoms with Gasteiger partial charge in [-0.1, -0.05) is 83.8 Å². The predicted molar refractivity (Wildman–Crippen MR) is 187 cm³/mol. The minimum Gasteiger partial charge on any atom is -0.337 e. The lowest BCUT2D eigenvalue weighted by Gasteiger charge is -2.35. The van der Waals surface area contributed by atoms with Crippen LogP contribution >= 0.6 is 23.1 Å². The summed E-state index contributed by atoms with van der Waals surface area (Å²) in [5, 5.41) is 13.1. The molecule has 0 radical (unpaired) electrons. The smallest absolute Gasteiger partial charge is 0.253 e. The lowest BCUT2D eigenvalue weighted by Crippen LogP contribution is -2.49. The summed E-state index contributed by atoms with van der Waals surface area (Å²) in [5.74, 6) is 0.656. The molecule has 0 aliphatic carbocycles. The van der Waals surface area contributed by atoms with Gasteiger partial charge in [0, 0.05) is 48.4 Å². The second kappa shape index (κ2) is 12.5. The Hall–Kier alpha value is -5.33. The van der Waals surface area contributed by atoms with Gasteiger partial charge in [0.1, 0.15) is 0 Å². The number of hydrogen-bond donors (Lipinski definition) is 1. The first kappa shape index (κ1) is 29.1. The molecule has 0 saturated carbocycles. The van der Waals surface area contributed by atoms with Crippen molar-refractivity contribution in [3.05, 3.63) is 109 Å². The number of hydrogen-bond acceptors (Lipinski definition) is 9. The number of aromatic nitrogens is 5. The molecule has 232 valence electrons. The molecule has 4 aromatic carbocycles. The lowest BCUT2D eigenvalue weighted by molar-refractivity contribution is -0.113. The van der Waals surface area contributed by atoms with Crippen molar-refractivity contribution >= 4 is 72.6 Å². The standard InChI is InChI=1S/C35H28N8O2S2/c44-30(22-46-34-39-40-35-43(34)28-12-6-7-13-29(28)47-35)36-25-16-14-24(15-17-25)32(45)41-18-20-42(21-19-41)33-37-27-11-5-4-10-26(27)31(38-33)23-8-2-1-3-9-23/h1-17H,18-22H2,(H,36,44). The molecule has 3 aromatic heterocycles. The van der Waals surface area contributed by atoms with Crippen LogP contribution in [0, 0.1) is 0 Å². The summed E-state index contributed by atoms with van der Waals surface area (Å²) in [7, 11) is 0. The number of nitrogens with one attached hydrogen (secondary N) is 1. The summed E-state index contributed by atoms with van der Waals surface area (Å²) in [6, 6.07) is 33.3. The van der Waals surface area contributed by atoms with Crippen LogP contribution in [0.3, 0.4) is 0 Å². The Morgan fingerprint density at radius 1 is 0.787 bits per heavy atom. The van der Waals surface area contributed by atoms with Gasteiger partial charge in [-0.05, 0) is 42.5 Å². The van der Waals surface area contributed by atoms with Crippen LogP contribution in [0.1, 0.15) is 10.4 Å². The number of nitrogens with zero attached hydrogens (tertiary/aromatic N) is 7. The monoisotopic (exact) mass is 656 g/mol. The molecule has 1 aliphatic heterocycles. The number of carbonyl (C=O) groups excluding carboxylic acids is 2. The highest BCUT2D eigenvalue weighted by Crippen LogP contribution is 2.30. The molecule has 10 nitrogen and oxygen atoms in total. The number of thioether (sulfide) groups is 1. The van der Waals surface area contributed by atoms with Gasteiger partial charge in [0.15, 0.2) is 5.16 Å². The van der Waals surface area contributed by atoms with Crippen molar-refractivity contribution in [2.24, 2.45) is 0 Å². The van der Waals surface area contributed by atoms with Crippen molar-refractivity contribution in [2.75, 3.05) is 42.1 Å². The average molecular weight is 657 g/mol. The van der Waals surface area contributed by atoms with Gasteiger partial charge >= 0.3 is 0 Å².